The number of likely N-dealkylation sites (N-methyl/N-ethyl adjacent to an activating group) is 3. The predicted molar refractivity (Wildman–Crippen MR) is 162 cm³/mol. The number of fused-ring (bicyclic) bond motifs is 5. The summed E-state index contributed by atoms with van der Waals surface area (Å²) in [6, 6.07) is 7.30. The minimum absolute atomic E-state index is 0.00904. The Bertz CT molecular complexity index is 1220. The molecular formula is C30H45N7O5. The molecular weight excluding hydrogens is 538 g/mol. The Labute approximate surface area is 247 Å². The Hall–Kier alpha value is -3.71. The van der Waals surface area contributed by atoms with Gasteiger partial charge in [-0.3, -0.25) is 14.4 Å². The van der Waals surface area contributed by atoms with Crippen molar-refractivity contribution in [2.45, 2.75) is 49.9 Å². The van der Waals surface area contributed by atoms with Crippen molar-refractivity contribution < 1.29 is 24.6 Å². The lowest BCUT2D eigenvalue weighted by Gasteiger charge is -2.27. The van der Waals surface area contributed by atoms with Gasteiger partial charge < -0.3 is 47.4 Å². The van der Waals surface area contributed by atoms with Crippen LogP contribution in [-0.4, -0.2) is 99.9 Å². The number of rotatable bonds is 11. The fourth-order valence-corrected chi connectivity index (χ4v) is 5.10. The van der Waals surface area contributed by atoms with Crippen LogP contribution in [0.15, 0.2) is 36.4 Å². The van der Waals surface area contributed by atoms with Gasteiger partial charge in [0.2, 0.25) is 17.7 Å². The number of phenolic OH excluding ortho intramolecular Hbond substituents is 2. The first-order chi connectivity index (χ1) is 20.2. The van der Waals surface area contributed by atoms with Crippen molar-refractivity contribution in [3.8, 4) is 22.6 Å². The average molecular weight is 584 g/mol. The summed E-state index contributed by atoms with van der Waals surface area (Å²) in [6.45, 7) is 1.65. The number of amides is 3. The fourth-order valence-electron chi connectivity index (χ4n) is 5.10. The van der Waals surface area contributed by atoms with E-state index < -0.39 is 35.8 Å². The summed E-state index contributed by atoms with van der Waals surface area (Å²) in [4.78, 5) is 40.7. The highest BCUT2D eigenvalue weighted by atomic mass is 16.3. The highest BCUT2D eigenvalue weighted by molar-refractivity contribution is 5.93. The van der Waals surface area contributed by atoms with Gasteiger partial charge >= 0.3 is 0 Å². The van der Waals surface area contributed by atoms with E-state index in [4.69, 9.17) is 0 Å². The summed E-state index contributed by atoms with van der Waals surface area (Å²) in [6.07, 6.45) is 1.15. The van der Waals surface area contributed by atoms with Crippen LogP contribution in [-0.2, 0) is 27.2 Å². The van der Waals surface area contributed by atoms with E-state index in [9.17, 15) is 24.6 Å². The van der Waals surface area contributed by atoms with Crippen molar-refractivity contribution in [2.24, 2.45) is 0 Å². The maximum Gasteiger partial charge on any atom is 0.243 e. The maximum absolute atomic E-state index is 13.7. The number of hydrogen-bond acceptors (Lipinski definition) is 9. The molecule has 0 spiro atoms. The highest BCUT2D eigenvalue weighted by Crippen LogP contribution is 2.31. The first-order valence-corrected chi connectivity index (χ1v) is 14.4. The molecule has 3 rings (SSSR count). The van der Waals surface area contributed by atoms with Gasteiger partial charge in [0.1, 0.15) is 23.6 Å². The first kappa shape index (κ1) is 32.8. The number of hydrogen-bond donors (Lipinski definition) is 9. The molecule has 12 heteroatoms. The number of benzene rings is 2. The third-order valence-corrected chi connectivity index (χ3v) is 7.44. The quantitative estimate of drug-likeness (QED) is 0.156. The molecule has 0 radical (unpaired) electrons. The molecule has 3 atom stereocenters. The third-order valence-electron chi connectivity index (χ3n) is 7.44. The van der Waals surface area contributed by atoms with Crippen LogP contribution >= 0.6 is 0 Å². The minimum Gasteiger partial charge on any atom is -0.508 e. The Balaban J connectivity index is 2.08. The van der Waals surface area contributed by atoms with E-state index in [0.717, 1.165) is 11.1 Å². The third kappa shape index (κ3) is 8.89. The van der Waals surface area contributed by atoms with Gasteiger partial charge in [-0.1, -0.05) is 12.1 Å². The molecule has 9 N–H and O–H groups in total. The van der Waals surface area contributed by atoms with Crippen LogP contribution in [0.25, 0.3) is 11.1 Å². The Kier molecular flexibility index (Phi) is 12.5. The van der Waals surface area contributed by atoms with Gasteiger partial charge in [-0.25, -0.2) is 0 Å². The van der Waals surface area contributed by atoms with Crippen molar-refractivity contribution in [3.63, 3.8) is 0 Å². The van der Waals surface area contributed by atoms with E-state index in [0.29, 0.717) is 43.6 Å². The summed E-state index contributed by atoms with van der Waals surface area (Å²) in [5, 5.41) is 42.2. The summed E-state index contributed by atoms with van der Waals surface area (Å²) in [5.41, 5.74) is 2.55. The molecule has 0 saturated heterocycles. The molecule has 42 heavy (non-hydrogen) atoms. The number of carbonyl (C=O) groups is 3. The highest BCUT2D eigenvalue weighted by Gasteiger charge is 2.30. The van der Waals surface area contributed by atoms with Gasteiger partial charge in [0, 0.05) is 25.9 Å². The summed E-state index contributed by atoms with van der Waals surface area (Å²) >= 11 is 0. The molecule has 0 saturated carbocycles. The van der Waals surface area contributed by atoms with Gasteiger partial charge in [-0.05, 0) is 94.1 Å². The first-order valence-electron chi connectivity index (χ1n) is 14.4. The van der Waals surface area contributed by atoms with E-state index >= 15 is 0 Å². The molecule has 1 heterocycles. The van der Waals surface area contributed by atoms with E-state index in [2.05, 4.69) is 37.2 Å². The summed E-state index contributed by atoms with van der Waals surface area (Å²) in [7, 11) is 7.03. The Morgan fingerprint density at radius 1 is 0.857 bits per heavy atom. The van der Waals surface area contributed by atoms with E-state index in [1.165, 1.54) is 0 Å². The second kappa shape index (κ2) is 16.1. The van der Waals surface area contributed by atoms with Crippen LogP contribution in [0.2, 0.25) is 0 Å². The normalized spacial score (nSPS) is 19.4. The largest absolute Gasteiger partial charge is 0.508 e. The zero-order chi connectivity index (χ0) is 30.6. The van der Waals surface area contributed by atoms with Gasteiger partial charge in [-0.2, -0.15) is 0 Å². The molecule has 0 aliphatic carbocycles. The number of carbonyl (C=O) groups excluding carboxylic acids is 3. The molecule has 230 valence electrons. The molecule has 2 aromatic carbocycles. The molecule has 0 unspecified atom stereocenters. The maximum atomic E-state index is 13.7. The standard InChI is InChI=1S/C30H45N7O5/c1-31-11-5-6-23-28(40)37-25(30(42)35-22(16-32-2)17-33-3)15-21-13-19(8-10-27(21)39)18-7-9-26(38)20(12-18)14-24(34-4)29(41)36-23/h7-10,12-13,22-25,31-34,38-39H,5-6,11,14-17H2,1-4H3,(H,35,42)(H,36,41)(H,37,40)/t23-,24-,25-/m0/s1. The molecule has 3 amide bonds. The lowest BCUT2D eigenvalue weighted by molar-refractivity contribution is -0.133. The number of phenols is 2. The SMILES string of the molecule is CNCCC[C@@H]1NC(=O)[C@@H](NC)Cc2cc(ccc2O)-c2ccc(O)c(c2)C[C@@H](C(=O)NC(CNC)CNC)NC1=O. The molecule has 1 aliphatic rings. The predicted octanol–water partition coefficient (Wildman–Crippen LogP) is -0.656. The van der Waals surface area contributed by atoms with Crippen molar-refractivity contribution in [2.75, 3.05) is 47.8 Å². The second-order valence-electron chi connectivity index (χ2n) is 10.6. The fraction of sp³-hybridized carbons (Fsp3) is 0.500. The van der Waals surface area contributed by atoms with Crippen molar-refractivity contribution >= 4 is 17.7 Å². The molecule has 1 aliphatic heterocycles. The number of aromatic hydroxyl groups is 2. The Morgan fingerprint density at radius 3 is 2.00 bits per heavy atom. The molecule has 12 nitrogen and oxygen atoms in total. The van der Waals surface area contributed by atoms with Crippen LogP contribution in [0.5, 0.6) is 11.5 Å². The Morgan fingerprint density at radius 2 is 1.45 bits per heavy atom. The minimum atomic E-state index is -1.03. The lowest BCUT2D eigenvalue weighted by atomic mass is 9.95. The summed E-state index contributed by atoms with van der Waals surface area (Å²) in [5.74, 6) is -1.27. The summed E-state index contributed by atoms with van der Waals surface area (Å²) < 4.78 is 0. The van der Waals surface area contributed by atoms with E-state index in [1.54, 1.807) is 64.6 Å². The smallest absolute Gasteiger partial charge is 0.243 e. The molecule has 0 aromatic heterocycles. The van der Waals surface area contributed by atoms with Gasteiger partial charge in [0.25, 0.3) is 0 Å². The van der Waals surface area contributed by atoms with Crippen LogP contribution in [0, 0.1) is 0 Å². The second-order valence-corrected chi connectivity index (χ2v) is 10.6. The molecule has 4 bridgehead atoms. The van der Waals surface area contributed by atoms with E-state index in [-0.39, 0.29) is 30.4 Å². The topological polar surface area (TPSA) is 176 Å². The zero-order valence-electron chi connectivity index (χ0n) is 24.8. The average Bonchev–Trinajstić information content (AvgIpc) is 2.96. The van der Waals surface area contributed by atoms with Crippen LogP contribution in [0.4, 0.5) is 0 Å². The van der Waals surface area contributed by atoms with Crippen molar-refractivity contribution in [1.82, 2.24) is 37.2 Å². The van der Waals surface area contributed by atoms with Crippen LogP contribution in [0.1, 0.15) is 24.0 Å². The monoisotopic (exact) mass is 583 g/mol. The lowest BCUT2D eigenvalue weighted by Crippen LogP contribution is -2.58. The van der Waals surface area contributed by atoms with Crippen LogP contribution in [0.3, 0.4) is 0 Å². The van der Waals surface area contributed by atoms with Crippen molar-refractivity contribution in [1.29, 1.82) is 0 Å². The van der Waals surface area contributed by atoms with Gasteiger partial charge in [0.05, 0.1) is 12.1 Å². The van der Waals surface area contributed by atoms with Crippen LogP contribution < -0.4 is 37.2 Å². The number of nitrogens with one attached hydrogen (secondary N) is 7. The molecule has 0 fully saturated rings. The van der Waals surface area contributed by atoms with E-state index in [1.807, 2.05) is 0 Å². The van der Waals surface area contributed by atoms with Crippen molar-refractivity contribution in [3.05, 3.63) is 47.5 Å². The van der Waals surface area contributed by atoms with Gasteiger partial charge in [0.15, 0.2) is 0 Å². The van der Waals surface area contributed by atoms with Gasteiger partial charge in [-0.15, -0.1) is 0 Å². The zero-order valence-corrected chi connectivity index (χ0v) is 24.8. The molecule has 2 aromatic rings.